The van der Waals surface area contributed by atoms with Crippen molar-refractivity contribution in [2.75, 3.05) is 0 Å². The zero-order chi connectivity index (χ0) is 24.9. The number of hydrogen-bond acceptors (Lipinski definition) is 3. The first-order valence-electron chi connectivity index (χ1n) is 10.9. The molecule has 4 rings (SSSR count). The Hall–Kier alpha value is -3.16. The summed E-state index contributed by atoms with van der Waals surface area (Å²) in [5.74, 6) is -1.08. The van der Waals surface area contributed by atoms with E-state index in [0.29, 0.717) is 21.4 Å². The fraction of sp³-hybridized carbons (Fsp3) is 0.280. The SMILES string of the molecule is Cc1ccc[n+](C2=C(c3c(C(C)C)[nH]n(-c4ccc(Cl)c(Cl)c4)c3=O)C(=O)N(C(C)C)C2=O)c1. The van der Waals surface area contributed by atoms with Gasteiger partial charge in [0.1, 0.15) is 5.57 Å². The first-order valence-corrected chi connectivity index (χ1v) is 11.7. The lowest BCUT2D eigenvalue weighted by Crippen LogP contribution is -2.42. The standard InChI is InChI=1S/C25H24Cl2N4O3/c1-13(2)21-19(24(33)31(28-21)16-8-9-17(26)18(27)11-16)20-22(29-10-6-7-15(5)12-29)25(34)30(14(3)4)23(20)32/h6-14H,1-5H3/p+1. The monoisotopic (exact) mass is 499 g/mol. The molecule has 0 atom stereocenters. The van der Waals surface area contributed by atoms with Gasteiger partial charge in [-0.1, -0.05) is 37.0 Å². The second kappa shape index (κ2) is 8.89. The molecule has 1 aromatic carbocycles. The first-order chi connectivity index (χ1) is 16.0. The van der Waals surface area contributed by atoms with E-state index in [4.69, 9.17) is 23.2 Å². The fourth-order valence-electron chi connectivity index (χ4n) is 4.12. The Kier molecular flexibility index (Phi) is 6.27. The topological polar surface area (TPSA) is 79.1 Å². The summed E-state index contributed by atoms with van der Waals surface area (Å²) in [6, 6.07) is 8.14. The molecule has 3 aromatic rings. The molecule has 9 heteroatoms. The van der Waals surface area contributed by atoms with Gasteiger partial charge in [-0.15, -0.1) is 0 Å². The molecule has 0 fully saturated rings. The summed E-state index contributed by atoms with van der Waals surface area (Å²) < 4.78 is 2.95. The predicted octanol–water partition coefficient (Wildman–Crippen LogP) is 4.34. The summed E-state index contributed by atoms with van der Waals surface area (Å²) >= 11 is 12.2. The minimum atomic E-state index is -0.497. The molecule has 0 radical (unpaired) electrons. The molecule has 1 aliphatic heterocycles. The zero-order valence-corrected chi connectivity index (χ0v) is 21.0. The Morgan fingerprint density at radius 2 is 1.68 bits per heavy atom. The van der Waals surface area contributed by atoms with Crippen LogP contribution in [0.3, 0.4) is 0 Å². The highest BCUT2D eigenvalue weighted by Gasteiger charge is 2.48. The maximum absolute atomic E-state index is 13.8. The minimum absolute atomic E-state index is 0.0815. The number of amides is 2. The Bertz CT molecular complexity index is 1420. The number of halogens is 2. The number of rotatable bonds is 5. The molecule has 0 aliphatic carbocycles. The van der Waals surface area contributed by atoms with Crippen LogP contribution in [-0.4, -0.2) is 32.5 Å². The third kappa shape index (κ3) is 3.89. The highest BCUT2D eigenvalue weighted by Crippen LogP contribution is 2.33. The Labute approximate surface area is 207 Å². The number of benzene rings is 1. The van der Waals surface area contributed by atoms with Gasteiger partial charge in [0, 0.05) is 23.4 Å². The molecule has 0 spiro atoms. The first kappa shape index (κ1) is 24.0. The second-order valence-electron chi connectivity index (χ2n) is 8.88. The molecule has 0 bridgehead atoms. The quantitative estimate of drug-likeness (QED) is 0.418. The molecule has 0 unspecified atom stereocenters. The van der Waals surface area contributed by atoms with Crippen molar-refractivity contribution < 1.29 is 14.2 Å². The summed E-state index contributed by atoms with van der Waals surface area (Å²) in [5, 5.41) is 3.78. The van der Waals surface area contributed by atoms with Crippen molar-refractivity contribution in [2.24, 2.45) is 0 Å². The molecule has 176 valence electrons. The number of imide groups is 1. The van der Waals surface area contributed by atoms with Crippen LogP contribution in [0.5, 0.6) is 0 Å². The van der Waals surface area contributed by atoms with Gasteiger partial charge in [0.05, 0.1) is 21.3 Å². The lowest BCUT2D eigenvalue weighted by Gasteiger charge is -2.17. The van der Waals surface area contributed by atoms with Crippen molar-refractivity contribution in [1.82, 2.24) is 14.7 Å². The van der Waals surface area contributed by atoms with E-state index >= 15 is 0 Å². The van der Waals surface area contributed by atoms with E-state index < -0.39 is 17.4 Å². The highest BCUT2D eigenvalue weighted by molar-refractivity contribution is 6.44. The largest absolute Gasteiger partial charge is 0.327 e. The average molecular weight is 500 g/mol. The van der Waals surface area contributed by atoms with E-state index in [1.54, 1.807) is 55.1 Å². The van der Waals surface area contributed by atoms with Crippen LogP contribution in [0.2, 0.25) is 10.0 Å². The van der Waals surface area contributed by atoms with Gasteiger partial charge >= 0.3 is 5.91 Å². The van der Waals surface area contributed by atoms with Gasteiger partial charge in [0.25, 0.3) is 17.2 Å². The number of aryl methyl sites for hydroxylation is 1. The normalized spacial score (nSPS) is 14.3. The predicted molar refractivity (Wildman–Crippen MR) is 132 cm³/mol. The lowest BCUT2D eigenvalue weighted by atomic mass is 9.98. The molecule has 7 nitrogen and oxygen atoms in total. The number of nitrogens with zero attached hydrogens (tertiary/aromatic N) is 3. The van der Waals surface area contributed by atoms with Crippen molar-refractivity contribution >= 4 is 46.3 Å². The molecule has 1 N–H and O–H groups in total. The van der Waals surface area contributed by atoms with Crippen LogP contribution >= 0.6 is 23.2 Å². The number of hydrogen-bond donors (Lipinski definition) is 1. The summed E-state index contributed by atoms with van der Waals surface area (Å²) in [5.41, 5.74) is 1.88. The number of carbonyl (C=O) groups excluding carboxylic acids is 2. The third-order valence-electron chi connectivity index (χ3n) is 5.72. The molecule has 1 aliphatic rings. The maximum atomic E-state index is 13.8. The molecule has 3 heterocycles. The molecule has 2 aromatic heterocycles. The fourth-order valence-corrected chi connectivity index (χ4v) is 4.41. The van der Waals surface area contributed by atoms with Gasteiger partial charge < -0.3 is 0 Å². The van der Waals surface area contributed by atoms with E-state index in [1.807, 2.05) is 26.8 Å². The molecule has 0 saturated carbocycles. The summed E-state index contributed by atoms with van der Waals surface area (Å²) in [6.07, 6.45) is 3.47. The molecule has 34 heavy (non-hydrogen) atoms. The van der Waals surface area contributed by atoms with Gasteiger partial charge in [0.15, 0.2) is 12.4 Å². The Balaban J connectivity index is 2.06. The number of H-pyrrole nitrogens is 1. The maximum Gasteiger partial charge on any atom is 0.327 e. The van der Waals surface area contributed by atoms with E-state index in [2.05, 4.69) is 5.10 Å². The van der Waals surface area contributed by atoms with E-state index in [0.717, 1.165) is 5.56 Å². The van der Waals surface area contributed by atoms with Crippen molar-refractivity contribution in [1.29, 1.82) is 0 Å². The van der Waals surface area contributed by atoms with Crippen LogP contribution in [0.1, 0.15) is 50.4 Å². The van der Waals surface area contributed by atoms with Gasteiger partial charge in [-0.25, -0.2) is 4.68 Å². The van der Waals surface area contributed by atoms with Crippen LogP contribution in [0.25, 0.3) is 17.0 Å². The summed E-state index contributed by atoms with van der Waals surface area (Å²) in [4.78, 5) is 42.1. The molecular weight excluding hydrogens is 475 g/mol. The van der Waals surface area contributed by atoms with Gasteiger partial charge in [-0.05, 0) is 51.0 Å². The lowest BCUT2D eigenvalue weighted by molar-refractivity contribution is -0.577. The van der Waals surface area contributed by atoms with E-state index in [1.165, 1.54) is 9.58 Å². The number of nitrogens with one attached hydrogen (secondary N) is 1. The van der Waals surface area contributed by atoms with Crippen LogP contribution in [0.15, 0.2) is 47.5 Å². The number of carbonyl (C=O) groups is 2. The number of aromatic amines is 1. The minimum Gasteiger partial charge on any atom is -0.294 e. The third-order valence-corrected chi connectivity index (χ3v) is 6.46. The van der Waals surface area contributed by atoms with Crippen LogP contribution < -0.4 is 10.1 Å². The van der Waals surface area contributed by atoms with E-state index in [-0.39, 0.29) is 28.8 Å². The van der Waals surface area contributed by atoms with Crippen LogP contribution in [0.4, 0.5) is 0 Å². The van der Waals surface area contributed by atoms with Crippen molar-refractivity contribution in [3.05, 3.63) is 79.9 Å². The number of aromatic nitrogens is 3. The molecule has 0 saturated heterocycles. The van der Waals surface area contributed by atoms with Crippen molar-refractivity contribution in [3.8, 4) is 5.69 Å². The Morgan fingerprint density at radius 3 is 2.26 bits per heavy atom. The van der Waals surface area contributed by atoms with Gasteiger partial charge in [0.2, 0.25) is 0 Å². The van der Waals surface area contributed by atoms with Crippen LogP contribution in [-0.2, 0) is 9.59 Å². The number of pyridine rings is 1. The summed E-state index contributed by atoms with van der Waals surface area (Å²) in [6.45, 7) is 9.26. The van der Waals surface area contributed by atoms with Crippen LogP contribution in [0, 0.1) is 6.92 Å². The van der Waals surface area contributed by atoms with Crippen molar-refractivity contribution in [3.63, 3.8) is 0 Å². The van der Waals surface area contributed by atoms with Gasteiger partial charge in [-0.3, -0.25) is 24.4 Å². The van der Waals surface area contributed by atoms with E-state index in [9.17, 15) is 14.4 Å². The zero-order valence-electron chi connectivity index (χ0n) is 19.5. The smallest absolute Gasteiger partial charge is 0.294 e. The van der Waals surface area contributed by atoms with Gasteiger partial charge in [-0.2, -0.15) is 4.57 Å². The van der Waals surface area contributed by atoms with Crippen molar-refractivity contribution in [2.45, 2.75) is 46.6 Å². The second-order valence-corrected chi connectivity index (χ2v) is 9.69. The highest BCUT2D eigenvalue weighted by atomic mass is 35.5. The Morgan fingerprint density at radius 1 is 0.971 bits per heavy atom. The summed E-state index contributed by atoms with van der Waals surface area (Å²) in [7, 11) is 0. The average Bonchev–Trinajstić information content (AvgIpc) is 3.23. The molecule has 2 amide bonds. The molecular formula is C25H25Cl2N4O3+.